The molecule has 0 aromatic carbocycles. The Balaban J connectivity index is 1.86. The Bertz CT molecular complexity index is 588. The average Bonchev–Trinajstić information content (AvgIpc) is 3.06. The van der Waals surface area contributed by atoms with E-state index in [1.807, 2.05) is 22.1 Å². The van der Waals surface area contributed by atoms with Crippen molar-refractivity contribution in [2.75, 3.05) is 6.54 Å². The summed E-state index contributed by atoms with van der Waals surface area (Å²) in [6, 6.07) is 3.68. The quantitative estimate of drug-likeness (QED) is 0.768. The Labute approximate surface area is 108 Å². The predicted molar refractivity (Wildman–Crippen MR) is 66.7 cm³/mol. The molecule has 0 saturated carbocycles. The van der Waals surface area contributed by atoms with E-state index in [9.17, 15) is 9.59 Å². The second kappa shape index (κ2) is 4.38. The lowest BCUT2D eigenvalue weighted by Gasteiger charge is -2.28. The molecule has 1 amide bonds. The third-order valence-electron chi connectivity index (χ3n) is 3.06. The minimum Gasteiger partial charge on any atom is -0.331 e. The van der Waals surface area contributed by atoms with Crippen molar-refractivity contribution in [3.63, 3.8) is 0 Å². The normalized spacial score (nSPS) is 14.3. The molecule has 0 N–H and O–H groups in total. The van der Waals surface area contributed by atoms with Crippen molar-refractivity contribution < 1.29 is 9.59 Å². The zero-order valence-electron chi connectivity index (χ0n) is 9.57. The SMILES string of the molecule is O=Cc1ncn2c1CN(C(=O)c1cccs1)CC2. The van der Waals surface area contributed by atoms with Crippen molar-refractivity contribution in [3.05, 3.63) is 40.1 Å². The fourth-order valence-corrected chi connectivity index (χ4v) is 2.79. The molecule has 1 aliphatic heterocycles. The zero-order valence-corrected chi connectivity index (χ0v) is 10.4. The number of hydrogen-bond acceptors (Lipinski definition) is 4. The van der Waals surface area contributed by atoms with Gasteiger partial charge in [0.25, 0.3) is 5.91 Å². The van der Waals surface area contributed by atoms with E-state index in [1.54, 1.807) is 11.2 Å². The van der Waals surface area contributed by atoms with Crippen LogP contribution in [0.3, 0.4) is 0 Å². The minimum absolute atomic E-state index is 0.0225. The summed E-state index contributed by atoms with van der Waals surface area (Å²) in [7, 11) is 0. The van der Waals surface area contributed by atoms with Gasteiger partial charge < -0.3 is 9.47 Å². The van der Waals surface area contributed by atoms with E-state index in [1.165, 1.54) is 11.3 Å². The summed E-state index contributed by atoms with van der Waals surface area (Å²) in [6.07, 6.45) is 2.40. The van der Waals surface area contributed by atoms with Crippen LogP contribution in [0.2, 0.25) is 0 Å². The van der Waals surface area contributed by atoms with Gasteiger partial charge in [-0.25, -0.2) is 4.98 Å². The summed E-state index contributed by atoms with van der Waals surface area (Å²) in [5, 5.41) is 1.89. The van der Waals surface area contributed by atoms with E-state index in [2.05, 4.69) is 4.98 Å². The first-order valence-electron chi connectivity index (χ1n) is 5.61. The first-order chi connectivity index (χ1) is 8.79. The first-order valence-corrected chi connectivity index (χ1v) is 6.49. The summed E-state index contributed by atoms with van der Waals surface area (Å²) in [4.78, 5) is 29.6. The maximum Gasteiger partial charge on any atom is 0.264 e. The van der Waals surface area contributed by atoms with Gasteiger partial charge in [-0.05, 0) is 11.4 Å². The van der Waals surface area contributed by atoms with Gasteiger partial charge in [-0.15, -0.1) is 11.3 Å². The third kappa shape index (κ3) is 1.74. The van der Waals surface area contributed by atoms with Gasteiger partial charge in [0.05, 0.1) is 23.4 Å². The predicted octanol–water partition coefficient (Wildman–Crippen LogP) is 1.41. The number of fused-ring (bicyclic) bond motifs is 1. The van der Waals surface area contributed by atoms with Crippen LogP contribution in [0, 0.1) is 0 Å². The topological polar surface area (TPSA) is 55.2 Å². The second-order valence-corrected chi connectivity index (χ2v) is 5.04. The van der Waals surface area contributed by atoms with E-state index < -0.39 is 0 Å². The van der Waals surface area contributed by atoms with Gasteiger partial charge in [0.1, 0.15) is 5.69 Å². The summed E-state index contributed by atoms with van der Waals surface area (Å²) in [6.45, 7) is 1.79. The number of imidazole rings is 1. The summed E-state index contributed by atoms with van der Waals surface area (Å²) in [5.74, 6) is 0.0225. The molecule has 0 atom stereocenters. The molecule has 92 valence electrons. The lowest BCUT2D eigenvalue weighted by molar-refractivity contribution is 0.0714. The third-order valence-corrected chi connectivity index (χ3v) is 3.92. The molecule has 0 radical (unpaired) electrons. The largest absolute Gasteiger partial charge is 0.331 e. The summed E-state index contributed by atoms with van der Waals surface area (Å²) < 4.78 is 1.93. The molecule has 0 aliphatic carbocycles. The van der Waals surface area contributed by atoms with Crippen LogP contribution in [0.15, 0.2) is 23.8 Å². The van der Waals surface area contributed by atoms with Crippen LogP contribution >= 0.6 is 11.3 Å². The first kappa shape index (κ1) is 11.2. The second-order valence-electron chi connectivity index (χ2n) is 4.09. The highest BCUT2D eigenvalue weighted by Crippen LogP contribution is 2.19. The standard InChI is InChI=1S/C12H11N3O2S/c16-7-9-10-6-14(3-4-15(10)8-13-9)12(17)11-2-1-5-18-11/h1-2,5,7-8H,3-4,6H2. The van der Waals surface area contributed by atoms with Gasteiger partial charge in [0.15, 0.2) is 6.29 Å². The van der Waals surface area contributed by atoms with Crippen LogP contribution < -0.4 is 0 Å². The molecular formula is C12H11N3O2S. The fraction of sp³-hybridized carbons (Fsp3) is 0.250. The van der Waals surface area contributed by atoms with Crippen molar-refractivity contribution in [2.45, 2.75) is 13.1 Å². The highest BCUT2D eigenvalue weighted by molar-refractivity contribution is 7.12. The van der Waals surface area contributed by atoms with Gasteiger partial charge in [0, 0.05) is 13.1 Å². The molecule has 6 heteroatoms. The van der Waals surface area contributed by atoms with Gasteiger partial charge >= 0.3 is 0 Å². The molecule has 1 aliphatic rings. The highest BCUT2D eigenvalue weighted by Gasteiger charge is 2.24. The minimum atomic E-state index is 0.0225. The van der Waals surface area contributed by atoms with E-state index in [4.69, 9.17) is 0 Å². The van der Waals surface area contributed by atoms with Gasteiger partial charge in [-0.2, -0.15) is 0 Å². The van der Waals surface area contributed by atoms with Crippen LogP contribution in [-0.4, -0.2) is 33.2 Å². The molecule has 2 aromatic heterocycles. The summed E-state index contributed by atoms with van der Waals surface area (Å²) in [5.41, 5.74) is 1.25. The number of carbonyl (C=O) groups is 2. The molecule has 3 rings (SSSR count). The number of hydrogen-bond donors (Lipinski definition) is 0. The van der Waals surface area contributed by atoms with Crippen molar-refractivity contribution in [1.29, 1.82) is 0 Å². The Morgan fingerprint density at radius 1 is 1.44 bits per heavy atom. The molecule has 0 bridgehead atoms. The molecule has 5 nitrogen and oxygen atoms in total. The van der Waals surface area contributed by atoms with Crippen molar-refractivity contribution in [1.82, 2.24) is 14.5 Å². The van der Waals surface area contributed by atoms with Gasteiger partial charge in [0.2, 0.25) is 0 Å². The molecule has 18 heavy (non-hydrogen) atoms. The maximum absolute atomic E-state index is 12.2. The fourth-order valence-electron chi connectivity index (χ4n) is 2.10. The highest BCUT2D eigenvalue weighted by atomic mass is 32.1. The van der Waals surface area contributed by atoms with E-state index in [0.717, 1.165) is 16.9 Å². The van der Waals surface area contributed by atoms with Gasteiger partial charge in [-0.1, -0.05) is 6.07 Å². The number of thiophene rings is 1. The van der Waals surface area contributed by atoms with Crippen molar-refractivity contribution in [3.8, 4) is 0 Å². The Hall–Kier alpha value is -1.95. The zero-order chi connectivity index (χ0) is 12.5. The maximum atomic E-state index is 12.2. The number of carbonyl (C=O) groups excluding carboxylic acids is 2. The van der Waals surface area contributed by atoms with Crippen LogP contribution in [-0.2, 0) is 13.1 Å². The smallest absolute Gasteiger partial charge is 0.264 e. The monoisotopic (exact) mass is 261 g/mol. The lowest BCUT2D eigenvalue weighted by Crippen LogP contribution is -2.38. The molecule has 3 heterocycles. The number of nitrogens with zero attached hydrogens (tertiary/aromatic N) is 3. The number of aldehydes is 1. The van der Waals surface area contributed by atoms with Crippen LogP contribution in [0.5, 0.6) is 0 Å². The van der Waals surface area contributed by atoms with E-state index in [0.29, 0.717) is 25.3 Å². The number of amides is 1. The van der Waals surface area contributed by atoms with Crippen molar-refractivity contribution in [2.24, 2.45) is 0 Å². The Morgan fingerprint density at radius 3 is 3.06 bits per heavy atom. The molecular weight excluding hydrogens is 250 g/mol. The Morgan fingerprint density at radius 2 is 2.33 bits per heavy atom. The Kier molecular flexibility index (Phi) is 2.71. The van der Waals surface area contributed by atoms with E-state index >= 15 is 0 Å². The molecule has 0 unspecified atom stereocenters. The van der Waals surface area contributed by atoms with Crippen LogP contribution in [0.4, 0.5) is 0 Å². The van der Waals surface area contributed by atoms with E-state index in [-0.39, 0.29) is 5.91 Å². The average molecular weight is 261 g/mol. The van der Waals surface area contributed by atoms with Gasteiger partial charge in [-0.3, -0.25) is 9.59 Å². The number of aromatic nitrogens is 2. The lowest BCUT2D eigenvalue weighted by atomic mass is 10.2. The number of rotatable bonds is 2. The van der Waals surface area contributed by atoms with Crippen LogP contribution in [0.1, 0.15) is 25.9 Å². The molecule has 0 spiro atoms. The molecule has 0 saturated heterocycles. The molecule has 0 fully saturated rings. The van der Waals surface area contributed by atoms with Crippen LogP contribution in [0.25, 0.3) is 0 Å². The van der Waals surface area contributed by atoms with Crippen molar-refractivity contribution >= 4 is 23.5 Å². The molecule has 2 aromatic rings. The summed E-state index contributed by atoms with van der Waals surface area (Å²) >= 11 is 1.43.